The number of amides is 2. The second-order valence-corrected chi connectivity index (χ2v) is 5.99. The average molecular weight is 405 g/mol. The van der Waals surface area contributed by atoms with Crippen molar-refractivity contribution < 1.29 is 22.4 Å². The molecule has 10 heteroatoms. The van der Waals surface area contributed by atoms with Gasteiger partial charge in [-0.15, -0.1) is 10.2 Å². The number of carbonyl (C=O) groups excluding carboxylic acids is 1. The van der Waals surface area contributed by atoms with E-state index in [2.05, 4.69) is 15.5 Å². The van der Waals surface area contributed by atoms with Gasteiger partial charge in [0.05, 0.1) is 6.54 Å². The number of nitrogens with zero attached hydrogens (tertiary/aromatic N) is 3. The summed E-state index contributed by atoms with van der Waals surface area (Å²) >= 11 is 0. The summed E-state index contributed by atoms with van der Waals surface area (Å²) in [5, 5.41) is 9.38. The zero-order valence-corrected chi connectivity index (χ0v) is 15.2. The van der Waals surface area contributed by atoms with Crippen molar-refractivity contribution >= 4 is 11.7 Å². The molecule has 1 heterocycles. The topological polar surface area (TPSA) is 97.3 Å². The summed E-state index contributed by atoms with van der Waals surface area (Å²) < 4.78 is 44.7. The van der Waals surface area contributed by atoms with Gasteiger partial charge in [-0.25, -0.2) is 9.18 Å². The van der Waals surface area contributed by atoms with Crippen molar-refractivity contribution in [2.45, 2.75) is 13.0 Å². The lowest BCUT2D eigenvalue weighted by Gasteiger charge is -2.23. The molecule has 7 nitrogen and oxygen atoms in total. The zero-order valence-electron chi connectivity index (χ0n) is 15.2. The first-order valence-electron chi connectivity index (χ1n) is 8.70. The molecule has 152 valence electrons. The molecule has 0 unspecified atom stereocenters. The van der Waals surface area contributed by atoms with Gasteiger partial charge in [-0.05, 0) is 24.3 Å². The maximum absolute atomic E-state index is 14.7. The van der Waals surface area contributed by atoms with Crippen LogP contribution < -0.4 is 16.0 Å². The number of benzene rings is 2. The van der Waals surface area contributed by atoms with E-state index < -0.39 is 24.2 Å². The molecule has 29 heavy (non-hydrogen) atoms. The fourth-order valence-electron chi connectivity index (χ4n) is 2.58. The van der Waals surface area contributed by atoms with Crippen LogP contribution in [0.15, 0.2) is 52.9 Å². The highest BCUT2D eigenvalue weighted by Gasteiger charge is 2.20. The minimum atomic E-state index is -2.91. The Labute approximate surface area is 164 Å². The Morgan fingerprint density at radius 1 is 1.17 bits per heavy atom. The van der Waals surface area contributed by atoms with Gasteiger partial charge in [0.25, 0.3) is 5.89 Å². The smallest absolute Gasteiger partial charge is 0.322 e. The fraction of sp³-hybridized carbons (Fsp3) is 0.211. The average Bonchev–Trinajstić information content (AvgIpc) is 3.22. The SMILES string of the molecule is NCCNC(=O)N(Cc1ccc(-c2nnc(C(F)F)o2)cc1F)c1ccccc1. The summed E-state index contributed by atoms with van der Waals surface area (Å²) in [5.74, 6) is -1.70. The molecule has 0 atom stereocenters. The number of urea groups is 1. The number of carbonyl (C=O) groups is 1. The van der Waals surface area contributed by atoms with Gasteiger partial charge in [-0.3, -0.25) is 4.90 Å². The molecule has 0 fully saturated rings. The number of para-hydroxylation sites is 1. The molecule has 0 aliphatic rings. The Bertz CT molecular complexity index is 965. The highest BCUT2D eigenvalue weighted by Crippen LogP contribution is 2.26. The van der Waals surface area contributed by atoms with E-state index >= 15 is 0 Å². The third-order valence-corrected chi connectivity index (χ3v) is 3.99. The van der Waals surface area contributed by atoms with E-state index in [0.717, 1.165) is 6.07 Å². The molecule has 3 aromatic rings. The van der Waals surface area contributed by atoms with Crippen molar-refractivity contribution in [2.24, 2.45) is 5.73 Å². The van der Waals surface area contributed by atoms with Gasteiger partial charge in [-0.1, -0.05) is 24.3 Å². The Morgan fingerprint density at radius 3 is 2.55 bits per heavy atom. The molecule has 2 amide bonds. The van der Waals surface area contributed by atoms with Gasteiger partial charge in [0, 0.05) is 29.9 Å². The van der Waals surface area contributed by atoms with Crippen LogP contribution >= 0.6 is 0 Å². The highest BCUT2D eigenvalue weighted by atomic mass is 19.3. The van der Waals surface area contributed by atoms with Crippen LogP contribution in [0.4, 0.5) is 23.7 Å². The summed E-state index contributed by atoms with van der Waals surface area (Å²) in [6.07, 6.45) is -2.91. The molecular weight excluding hydrogens is 387 g/mol. The predicted octanol–water partition coefficient (Wildman–Crippen LogP) is 3.49. The van der Waals surface area contributed by atoms with Crippen LogP contribution in [0.3, 0.4) is 0 Å². The van der Waals surface area contributed by atoms with E-state index in [4.69, 9.17) is 10.2 Å². The predicted molar refractivity (Wildman–Crippen MR) is 99.7 cm³/mol. The normalized spacial score (nSPS) is 10.9. The summed E-state index contributed by atoms with van der Waals surface area (Å²) in [6, 6.07) is 12.3. The maximum atomic E-state index is 14.7. The van der Waals surface area contributed by atoms with Crippen molar-refractivity contribution in [1.29, 1.82) is 0 Å². The lowest BCUT2D eigenvalue weighted by molar-refractivity contribution is 0.116. The number of rotatable bonds is 7. The largest absolute Gasteiger partial charge is 0.415 e. The Morgan fingerprint density at radius 2 is 1.93 bits per heavy atom. The van der Waals surface area contributed by atoms with Gasteiger partial charge >= 0.3 is 12.5 Å². The van der Waals surface area contributed by atoms with Crippen LogP contribution in [-0.2, 0) is 6.54 Å². The molecule has 0 aliphatic carbocycles. The second kappa shape index (κ2) is 9.20. The van der Waals surface area contributed by atoms with Crippen molar-refractivity contribution in [2.75, 3.05) is 18.0 Å². The number of anilines is 1. The summed E-state index contributed by atoms with van der Waals surface area (Å²) in [7, 11) is 0. The quantitative estimate of drug-likeness (QED) is 0.627. The van der Waals surface area contributed by atoms with Gasteiger partial charge in [-0.2, -0.15) is 8.78 Å². The van der Waals surface area contributed by atoms with Crippen LogP contribution in [0.1, 0.15) is 17.9 Å². The van der Waals surface area contributed by atoms with E-state index in [9.17, 15) is 18.0 Å². The molecule has 1 aromatic heterocycles. The van der Waals surface area contributed by atoms with Crippen LogP contribution in [0, 0.1) is 5.82 Å². The van der Waals surface area contributed by atoms with Crippen molar-refractivity contribution in [1.82, 2.24) is 15.5 Å². The molecule has 0 bridgehead atoms. The third-order valence-electron chi connectivity index (χ3n) is 3.99. The maximum Gasteiger partial charge on any atom is 0.322 e. The summed E-state index contributed by atoms with van der Waals surface area (Å²) in [4.78, 5) is 13.9. The lowest BCUT2D eigenvalue weighted by Crippen LogP contribution is -2.41. The second-order valence-electron chi connectivity index (χ2n) is 5.99. The Kier molecular flexibility index (Phi) is 6.45. The molecule has 3 N–H and O–H groups in total. The fourth-order valence-corrected chi connectivity index (χ4v) is 2.58. The zero-order chi connectivity index (χ0) is 20.8. The first-order chi connectivity index (χ1) is 14.0. The number of aromatic nitrogens is 2. The standard InChI is InChI=1S/C19H18F3N5O2/c20-15-10-12(17-25-26-18(29-17)16(21)22)6-7-13(15)11-27(19(28)24-9-8-23)14-4-2-1-3-5-14/h1-7,10,16H,8-9,11,23H2,(H,24,28). The molecule has 0 saturated heterocycles. The molecule has 0 saturated carbocycles. The minimum absolute atomic E-state index is 0.0569. The van der Waals surface area contributed by atoms with Crippen LogP contribution in [0.5, 0.6) is 0 Å². The van der Waals surface area contributed by atoms with Crippen LogP contribution in [0.25, 0.3) is 11.5 Å². The molecular formula is C19H18F3N5O2. The van der Waals surface area contributed by atoms with Crippen molar-refractivity contribution in [3.63, 3.8) is 0 Å². The van der Waals surface area contributed by atoms with E-state index in [0.29, 0.717) is 5.69 Å². The van der Waals surface area contributed by atoms with Crippen LogP contribution in [0.2, 0.25) is 0 Å². The molecule has 0 aliphatic heterocycles. The number of halogens is 3. The van der Waals surface area contributed by atoms with Gasteiger partial charge in [0.1, 0.15) is 5.82 Å². The van der Waals surface area contributed by atoms with E-state index in [-0.39, 0.29) is 36.7 Å². The molecule has 0 radical (unpaired) electrons. The van der Waals surface area contributed by atoms with Crippen LogP contribution in [-0.4, -0.2) is 29.3 Å². The monoisotopic (exact) mass is 405 g/mol. The van der Waals surface area contributed by atoms with Crippen molar-refractivity contribution in [3.8, 4) is 11.5 Å². The minimum Gasteiger partial charge on any atom is -0.415 e. The van der Waals surface area contributed by atoms with Gasteiger partial charge in [0.15, 0.2) is 0 Å². The van der Waals surface area contributed by atoms with Gasteiger partial charge < -0.3 is 15.5 Å². The Balaban J connectivity index is 1.84. The summed E-state index contributed by atoms with van der Waals surface area (Å²) in [5.41, 5.74) is 6.37. The number of nitrogens with one attached hydrogen (secondary N) is 1. The lowest BCUT2D eigenvalue weighted by atomic mass is 10.1. The first kappa shape index (κ1) is 20.3. The van der Waals surface area contributed by atoms with E-state index in [1.54, 1.807) is 30.3 Å². The first-order valence-corrected chi connectivity index (χ1v) is 8.70. The molecule has 3 rings (SSSR count). The third kappa shape index (κ3) is 4.91. The molecule has 2 aromatic carbocycles. The van der Waals surface area contributed by atoms with E-state index in [1.807, 2.05) is 0 Å². The molecule has 0 spiro atoms. The summed E-state index contributed by atoms with van der Waals surface area (Å²) in [6.45, 7) is 0.480. The van der Waals surface area contributed by atoms with Crippen molar-refractivity contribution in [3.05, 3.63) is 65.8 Å². The number of nitrogens with two attached hydrogens (primary N) is 1. The number of alkyl halides is 2. The van der Waals surface area contributed by atoms with E-state index in [1.165, 1.54) is 17.0 Å². The van der Waals surface area contributed by atoms with Gasteiger partial charge in [0.2, 0.25) is 5.89 Å². The number of hydrogen-bond acceptors (Lipinski definition) is 5. The number of hydrogen-bond donors (Lipinski definition) is 2. The highest BCUT2D eigenvalue weighted by molar-refractivity contribution is 5.91. The Hall–Kier alpha value is -3.40.